The van der Waals surface area contributed by atoms with Crippen molar-refractivity contribution in [3.63, 3.8) is 0 Å². The van der Waals surface area contributed by atoms with Crippen LogP contribution in [-0.2, 0) is 6.54 Å². The third-order valence-electron chi connectivity index (χ3n) is 2.84. The largest absolute Gasteiger partial charge is 0.343 e. The second-order valence-electron chi connectivity index (χ2n) is 4.30. The minimum atomic E-state index is -0.211. The lowest BCUT2D eigenvalue weighted by Crippen LogP contribution is -2.22. The van der Waals surface area contributed by atoms with Crippen molar-refractivity contribution in [2.75, 3.05) is 0 Å². The molecular formula is C15H12N4O2. The maximum atomic E-state index is 11.9. The van der Waals surface area contributed by atoms with E-state index in [4.69, 9.17) is 4.52 Å². The average molecular weight is 280 g/mol. The fourth-order valence-corrected chi connectivity index (χ4v) is 1.79. The molecule has 2 heterocycles. The maximum absolute atomic E-state index is 11.9. The smallest absolute Gasteiger partial charge is 0.251 e. The van der Waals surface area contributed by atoms with Gasteiger partial charge in [0.05, 0.1) is 6.54 Å². The Bertz CT molecular complexity index is 726. The van der Waals surface area contributed by atoms with E-state index >= 15 is 0 Å². The van der Waals surface area contributed by atoms with E-state index in [0.29, 0.717) is 17.3 Å². The monoisotopic (exact) mass is 280 g/mol. The van der Waals surface area contributed by atoms with Crippen molar-refractivity contribution >= 4 is 5.91 Å². The van der Waals surface area contributed by atoms with Gasteiger partial charge in [-0.05, 0) is 12.1 Å². The van der Waals surface area contributed by atoms with Crippen LogP contribution in [0.3, 0.4) is 0 Å². The Morgan fingerprint density at radius 3 is 2.62 bits per heavy atom. The number of benzene rings is 1. The van der Waals surface area contributed by atoms with Crippen LogP contribution in [0.1, 0.15) is 16.2 Å². The lowest BCUT2D eigenvalue weighted by molar-refractivity contribution is 0.0946. The molecule has 104 valence electrons. The Balaban J connectivity index is 1.64. The zero-order chi connectivity index (χ0) is 14.5. The van der Waals surface area contributed by atoms with Gasteiger partial charge in [0.1, 0.15) is 0 Å². The van der Waals surface area contributed by atoms with Crippen LogP contribution in [0.15, 0.2) is 59.4 Å². The highest BCUT2D eigenvalue weighted by molar-refractivity contribution is 5.93. The molecule has 0 saturated heterocycles. The molecule has 21 heavy (non-hydrogen) atoms. The summed E-state index contributed by atoms with van der Waals surface area (Å²) in [6.07, 6.45) is 3.13. The molecule has 6 heteroatoms. The summed E-state index contributed by atoms with van der Waals surface area (Å²) in [5.74, 6) is 0.650. The van der Waals surface area contributed by atoms with Crippen molar-refractivity contribution < 1.29 is 9.32 Å². The van der Waals surface area contributed by atoms with E-state index in [9.17, 15) is 4.79 Å². The number of rotatable bonds is 4. The highest BCUT2D eigenvalue weighted by Crippen LogP contribution is 2.14. The molecule has 3 aromatic rings. The number of hydrogen-bond donors (Lipinski definition) is 1. The molecule has 6 nitrogen and oxygen atoms in total. The van der Waals surface area contributed by atoms with Crippen molar-refractivity contribution in [1.82, 2.24) is 20.4 Å². The first-order valence-corrected chi connectivity index (χ1v) is 6.39. The van der Waals surface area contributed by atoms with Crippen LogP contribution in [0.2, 0.25) is 0 Å². The maximum Gasteiger partial charge on any atom is 0.251 e. The average Bonchev–Trinajstić information content (AvgIpc) is 3.03. The van der Waals surface area contributed by atoms with Crippen molar-refractivity contribution in [3.05, 3.63) is 66.3 Å². The first-order valence-electron chi connectivity index (χ1n) is 6.39. The molecule has 0 aliphatic carbocycles. The number of nitrogens with zero attached hydrogens (tertiary/aromatic N) is 3. The Labute approximate surface area is 120 Å². The number of aromatic nitrogens is 3. The predicted molar refractivity (Wildman–Crippen MR) is 75.1 cm³/mol. The Morgan fingerprint density at radius 1 is 1.10 bits per heavy atom. The van der Waals surface area contributed by atoms with E-state index in [1.807, 2.05) is 30.3 Å². The first kappa shape index (κ1) is 13.0. The fraction of sp³-hybridized carbons (Fsp3) is 0.0667. The topological polar surface area (TPSA) is 80.9 Å². The highest BCUT2D eigenvalue weighted by atomic mass is 16.5. The van der Waals surface area contributed by atoms with Crippen molar-refractivity contribution in [1.29, 1.82) is 0 Å². The summed E-state index contributed by atoms with van der Waals surface area (Å²) in [5, 5.41) is 6.61. The van der Waals surface area contributed by atoms with Gasteiger partial charge in [0.2, 0.25) is 11.7 Å². The summed E-state index contributed by atoms with van der Waals surface area (Å²) >= 11 is 0. The van der Waals surface area contributed by atoms with Crippen LogP contribution in [0, 0.1) is 0 Å². The third-order valence-corrected chi connectivity index (χ3v) is 2.84. The van der Waals surface area contributed by atoms with E-state index in [1.165, 1.54) is 0 Å². The lowest BCUT2D eigenvalue weighted by atomic mass is 10.2. The van der Waals surface area contributed by atoms with Crippen LogP contribution in [0.4, 0.5) is 0 Å². The van der Waals surface area contributed by atoms with Crippen LogP contribution in [0.25, 0.3) is 11.4 Å². The van der Waals surface area contributed by atoms with Crippen LogP contribution < -0.4 is 5.32 Å². The molecule has 0 spiro atoms. The lowest BCUT2D eigenvalue weighted by Gasteiger charge is -2.00. The summed E-state index contributed by atoms with van der Waals surface area (Å²) in [6, 6.07) is 12.8. The molecule has 1 N–H and O–H groups in total. The molecular weight excluding hydrogens is 268 g/mol. The first-order chi connectivity index (χ1) is 10.3. The quantitative estimate of drug-likeness (QED) is 0.791. The number of amides is 1. The fourth-order valence-electron chi connectivity index (χ4n) is 1.79. The van der Waals surface area contributed by atoms with Gasteiger partial charge >= 0.3 is 0 Å². The van der Waals surface area contributed by atoms with Gasteiger partial charge in [-0.1, -0.05) is 35.5 Å². The number of carbonyl (C=O) groups excluding carboxylic acids is 1. The Morgan fingerprint density at radius 2 is 1.86 bits per heavy atom. The molecule has 0 aliphatic rings. The van der Waals surface area contributed by atoms with E-state index in [2.05, 4.69) is 20.4 Å². The Kier molecular flexibility index (Phi) is 3.68. The molecule has 1 amide bonds. The van der Waals surface area contributed by atoms with Crippen LogP contribution in [-0.4, -0.2) is 21.0 Å². The van der Waals surface area contributed by atoms with E-state index in [-0.39, 0.29) is 12.5 Å². The minimum absolute atomic E-state index is 0.182. The molecule has 1 aromatic carbocycles. The molecule has 3 rings (SSSR count). The second-order valence-corrected chi connectivity index (χ2v) is 4.30. The second kappa shape index (κ2) is 5.96. The molecule has 0 unspecified atom stereocenters. The Hall–Kier alpha value is -3.02. The summed E-state index contributed by atoms with van der Waals surface area (Å²) in [6.45, 7) is 0.182. The van der Waals surface area contributed by atoms with E-state index < -0.39 is 0 Å². The van der Waals surface area contributed by atoms with Crippen molar-refractivity contribution in [3.8, 4) is 11.4 Å². The van der Waals surface area contributed by atoms with Gasteiger partial charge in [-0.15, -0.1) is 0 Å². The standard InChI is InChI=1S/C15H12N4O2/c20-15(12-6-8-16-9-7-12)17-10-13-18-14(19-21-13)11-4-2-1-3-5-11/h1-9H,10H2,(H,17,20). The third kappa shape index (κ3) is 3.11. The molecule has 0 saturated carbocycles. The molecule has 0 aliphatic heterocycles. The van der Waals surface area contributed by atoms with Gasteiger partial charge in [0.15, 0.2) is 0 Å². The van der Waals surface area contributed by atoms with Gasteiger partial charge in [0, 0.05) is 23.5 Å². The van der Waals surface area contributed by atoms with Crippen molar-refractivity contribution in [2.45, 2.75) is 6.54 Å². The van der Waals surface area contributed by atoms with Gasteiger partial charge in [-0.3, -0.25) is 9.78 Å². The summed E-state index contributed by atoms with van der Waals surface area (Å²) < 4.78 is 5.12. The predicted octanol–water partition coefficient (Wildman–Crippen LogP) is 2.06. The number of hydrogen-bond acceptors (Lipinski definition) is 5. The number of pyridine rings is 1. The van der Waals surface area contributed by atoms with Gasteiger partial charge in [0.25, 0.3) is 5.91 Å². The minimum Gasteiger partial charge on any atom is -0.343 e. The summed E-state index contributed by atoms with van der Waals surface area (Å²) in [5.41, 5.74) is 1.40. The molecule has 0 bridgehead atoms. The normalized spacial score (nSPS) is 10.3. The summed E-state index contributed by atoms with van der Waals surface area (Å²) in [4.78, 5) is 20.0. The summed E-state index contributed by atoms with van der Waals surface area (Å²) in [7, 11) is 0. The van der Waals surface area contributed by atoms with Gasteiger partial charge in [-0.25, -0.2) is 0 Å². The van der Waals surface area contributed by atoms with Gasteiger partial charge in [-0.2, -0.15) is 4.98 Å². The zero-order valence-electron chi connectivity index (χ0n) is 11.1. The van der Waals surface area contributed by atoms with E-state index in [0.717, 1.165) is 5.56 Å². The van der Waals surface area contributed by atoms with E-state index in [1.54, 1.807) is 24.5 Å². The van der Waals surface area contributed by atoms with Crippen LogP contribution >= 0.6 is 0 Å². The van der Waals surface area contributed by atoms with Gasteiger partial charge < -0.3 is 9.84 Å². The zero-order valence-corrected chi connectivity index (χ0v) is 11.1. The SMILES string of the molecule is O=C(NCc1nc(-c2ccccc2)no1)c1ccncc1. The van der Waals surface area contributed by atoms with Crippen molar-refractivity contribution in [2.24, 2.45) is 0 Å². The number of nitrogens with one attached hydrogen (secondary N) is 1. The number of carbonyl (C=O) groups is 1. The highest BCUT2D eigenvalue weighted by Gasteiger charge is 2.10. The molecule has 0 atom stereocenters. The molecule has 0 fully saturated rings. The molecule has 0 radical (unpaired) electrons. The molecule has 2 aromatic heterocycles. The van der Waals surface area contributed by atoms with Crippen LogP contribution in [0.5, 0.6) is 0 Å².